The molecule has 0 unspecified atom stereocenters. The molecule has 17 heavy (non-hydrogen) atoms. The average Bonchev–Trinajstić information content (AvgIpc) is 2.83. The third kappa shape index (κ3) is 2.81. The van der Waals surface area contributed by atoms with E-state index >= 15 is 0 Å². The lowest BCUT2D eigenvalue weighted by Gasteiger charge is -2.04. The van der Waals surface area contributed by atoms with Gasteiger partial charge >= 0.3 is 0 Å². The van der Waals surface area contributed by atoms with Gasteiger partial charge in [0.25, 0.3) is 5.91 Å². The molecule has 88 valence electrons. The number of hydrogen-bond acceptors (Lipinski definition) is 5. The van der Waals surface area contributed by atoms with E-state index in [4.69, 9.17) is 0 Å². The highest BCUT2D eigenvalue weighted by Gasteiger charge is 2.08. The van der Waals surface area contributed by atoms with Crippen LogP contribution >= 0.6 is 0 Å². The third-order valence-corrected chi connectivity index (χ3v) is 2.06. The molecular weight excluding hydrogens is 220 g/mol. The fourth-order valence-corrected chi connectivity index (χ4v) is 1.32. The first kappa shape index (κ1) is 11.1. The molecule has 0 saturated heterocycles. The number of hydrogen-bond donors (Lipinski definition) is 2. The van der Waals surface area contributed by atoms with Crippen LogP contribution in [0.4, 0.5) is 11.6 Å². The first-order chi connectivity index (χ1) is 8.29. The maximum absolute atomic E-state index is 11.8. The Labute approximate surface area is 98.0 Å². The molecule has 0 aliphatic rings. The molecule has 2 heterocycles. The molecule has 0 bridgehead atoms. The van der Waals surface area contributed by atoms with Crippen LogP contribution in [-0.2, 0) is 0 Å². The smallest absolute Gasteiger partial charge is 0.257 e. The standard InChI is InChI=1S/C11H12N4O2/c1-2-12-10-7-8(3-5-13-10)11(16)14-9-4-6-17-15-9/h3-7H,2H2,1H3,(H,12,13)(H,14,15,16). The van der Waals surface area contributed by atoms with Gasteiger partial charge in [0.1, 0.15) is 12.1 Å². The van der Waals surface area contributed by atoms with Crippen LogP contribution in [0.15, 0.2) is 35.2 Å². The number of nitrogens with zero attached hydrogens (tertiary/aromatic N) is 2. The molecule has 2 aromatic heterocycles. The van der Waals surface area contributed by atoms with Crippen LogP contribution < -0.4 is 10.6 Å². The molecule has 0 aliphatic heterocycles. The summed E-state index contributed by atoms with van der Waals surface area (Å²) in [5, 5.41) is 9.25. The Morgan fingerprint density at radius 1 is 1.41 bits per heavy atom. The highest BCUT2D eigenvalue weighted by molar-refractivity contribution is 6.04. The van der Waals surface area contributed by atoms with Gasteiger partial charge in [-0.2, -0.15) is 0 Å². The van der Waals surface area contributed by atoms with Crippen LogP contribution in [-0.4, -0.2) is 22.6 Å². The second-order valence-electron chi connectivity index (χ2n) is 3.30. The van der Waals surface area contributed by atoms with Gasteiger partial charge in [0.05, 0.1) is 0 Å². The minimum Gasteiger partial charge on any atom is -0.370 e. The predicted molar refractivity (Wildman–Crippen MR) is 62.9 cm³/mol. The fourth-order valence-electron chi connectivity index (χ4n) is 1.32. The van der Waals surface area contributed by atoms with Gasteiger partial charge in [-0.3, -0.25) is 4.79 Å². The van der Waals surface area contributed by atoms with Gasteiger partial charge in [0.2, 0.25) is 0 Å². The molecule has 0 aromatic carbocycles. The number of anilines is 2. The van der Waals surface area contributed by atoms with Crippen LogP contribution in [0.5, 0.6) is 0 Å². The van der Waals surface area contributed by atoms with E-state index in [0.717, 1.165) is 6.54 Å². The monoisotopic (exact) mass is 232 g/mol. The van der Waals surface area contributed by atoms with E-state index in [9.17, 15) is 4.79 Å². The van der Waals surface area contributed by atoms with Crippen molar-refractivity contribution < 1.29 is 9.32 Å². The van der Waals surface area contributed by atoms with Crippen LogP contribution in [0, 0.1) is 0 Å². The zero-order valence-electron chi connectivity index (χ0n) is 9.30. The summed E-state index contributed by atoms with van der Waals surface area (Å²) in [6.07, 6.45) is 2.97. The molecule has 2 N–H and O–H groups in total. The topological polar surface area (TPSA) is 80.0 Å². The van der Waals surface area contributed by atoms with Gasteiger partial charge < -0.3 is 15.2 Å². The van der Waals surface area contributed by atoms with Crippen molar-refractivity contribution in [3.63, 3.8) is 0 Å². The number of carbonyl (C=O) groups is 1. The SMILES string of the molecule is CCNc1cc(C(=O)Nc2ccon2)ccn1. The Hall–Kier alpha value is -2.37. The van der Waals surface area contributed by atoms with Gasteiger partial charge in [-0.15, -0.1) is 0 Å². The molecular formula is C11H12N4O2. The van der Waals surface area contributed by atoms with Crippen molar-refractivity contribution in [1.29, 1.82) is 0 Å². The second kappa shape index (κ2) is 5.11. The number of aromatic nitrogens is 2. The molecule has 1 amide bonds. The Morgan fingerprint density at radius 3 is 3.00 bits per heavy atom. The van der Waals surface area contributed by atoms with Crippen LogP contribution in [0.3, 0.4) is 0 Å². The summed E-state index contributed by atoms with van der Waals surface area (Å²) in [5.41, 5.74) is 0.513. The Morgan fingerprint density at radius 2 is 2.29 bits per heavy atom. The van der Waals surface area contributed by atoms with Gasteiger partial charge in [-0.1, -0.05) is 5.16 Å². The van der Waals surface area contributed by atoms with Gasteiger partial charge in [-0.25, -0.2) is 4.98 Å². The van der Waals surface area contributed by atoms with E-state index in [2.05, 4.69) is 25.3 Å². The second-order valence-corrected chi connectivity index (χ2v) is 3.30. The molecule has 2 rings (SSSR count). The summed E-state index contributed by atoms with van der Waals surface area (Å²) in [4.78, 5) is 15.9. The lowest BCUT2D eigenvalue weighted by Crippen LogP contribution is -2.12. The highest BCUT2D eigenvalue weighted by atomic mass is 16.5. The van der Waals surface area contributed by atoms with Crippen LogP contribution in [0.25, 0.3) is 0 Å². The highest BCUT2D eigenvalue weighted by Crippen LogP contribution is 2.09. The molecule has 2 aromatic rings. The van der Waals surface area contributed by atoms with E-state index in [-0.39, 0.29) is 5.91 Å². The average molecular weight is 232 g/mol. The van der Waals surface area contributed by atoms with E-state index in [1.54, 1.807) is 24.4 Å². The van der Waals surface area contributed by atoms with E-state index in [1.165, 1.54) is 6.26 Å². The van der Waals surface area contributed by atoms with E-state index < -0.39 is 0 Å². The minimum absolute atomic E-state index is 0.250. The van der Waals surface area contributed by atoms with Gasteiger partial charge in [-0.05, 0) is 19.1 Å². The van der Waals surface area contributed by atoms with Gasteiger partial charge in [0.15, 0.2) is 5.82 Å². The Balaban J connectivity index is 2.11. The largest absolute Gasteiger partial charge is 0.370 e. The maximum atomic E-state index is 11.8. The molecule has 0 fully saturated rings. The lowest BCUT2D eigenvalue weighted by molar-refractivity contribution is 0.102. The normalized spacial score (nSPS) is 9.94. The summed E-state index contributed by atoms with van der Waals surface area (Å²) in [5.74, 6) is 0.803. The minimum atomic E-state index is -0.250. The summed E-state index contributed by atoms with van der Waals surface area (Å²) in [6.45, 7) is 2.71. The molecule has 0 radical (unpaired) electrons. The van der Waals surface area contributed by atoms with Crippen molar-refractivity contribution in [2.24, 2.45) is 0 Å². The van der Waals surface area contributed by atoms with Crippen LogP contribution in [0.2, 0.25) is 0 Å². The first-order valence-corrected chi connectivity index (χ1v) is 5.21. The van der Waals surface area contributed by atoms with Crippen LogP contribution in [0.1, 0.15) is 17.3 Å². The molecule has 6 nitrogen and oxygen atoms in total. The molecule has 0 spiro atoms. The molecule has 0 aliphatic carbocycles. The fraction of sp³-hybridized carbons (Fsp3) is 0.182. The molecule has 6 heteroatoms. The van der Waals surface area contributed by atoms with Gasteiger partial charge in [0, 0.05) is 24.4 Å². The third-order valence-electron chi connectivity index (χ3n) is 2.06. The summed E-state index contributed by atoms with van der Waals surface area (Å²) in [6, 6.07) is 4.89. The Kier molecular flexibility index (Phi) is 3.34. The maximum Gasteiger partial charge on any atom is 0.257 e. The summed E-state index contributed by atoms with van der Waals surface area (Å²) >= 11 is 0. The van der Waals surface area contributed by atoms with Crippen molar-refractivity contribution >= 4 is 17.5 Å². The van der Waals surface area contributed by atoms with Crippen molar-refractivity contribution in [1.82, 2.24) is 10.1 Å². The van der Waals surface area contributed by atoms with Crippen molar-refractivity contribution in [3.05, 3.63) is 36.2 Å². The Bertz CT molecular complexity index is 496. The number of rotatable bonds is 4. The number of pyridine rings is 1. The zero-order chi connectivity index (χ0) is 12.1. The number of carbonyl (C=O) groups excluding carboxylic acids is 1. The predicted octanol–water partition coefficient (Wildman–Crippen LogP) is 1.75. The number of amides is 1. The number of nitrogens with one attached hydrogen (secondary N) is 2. The van der Waals surface area contributed by atoms with Crippen molar-refractivity contribution in [3.8, 4) is 0 Å². The summed E-state index contributed by atoms with van der Waals surface area (Å²) < 4.78 is 4.62. The lowest BCUT2D eigenvalue weighted by atomic mass is 10.2. The van der Waals surface area contributed by atoms with Crippen molar-refractivity contribution in [2.75, 3.05) is 17.2 Å². The first-order valence-electron chi connectivity index (χ1n) is 5.21. The molecule has 0 atom stereocenters. The quantitative estimate of drug-likeness (QED) is 0.839. The zero-order valence-corrected chi connectivity index (χ0v) is 9.30. The van der Waals surface area contributed by atoms with Crippen molar-refractivity contribution in [2.45, 2.75) is 6.92 Å². The van der Waals surface area contributed by atoms with E-state index in [1.807, 2.05) is 6.92 Å². The molecule has 0 saturated carbocycles. The van der Waals surface area contributed by atoms with E-state index in [0.29, 0.717) is 17.2 Å². The summed E-state index contributed by atoms with van der Waals surface area (Å²) in [7, 11) is 0.